The van der Waals surface area contributed by atoms with E-state index in [1.54, 1.807) is 12.3 Å². The van der Waals surface area contributed by atoms with Gasteiger partial charge in [-0.1, -0.05) is 12.1 Å². The van der Waals surface area contributed by atoms with Crippen LogP contribution in [0, 0.1) is 0 Å². The number of nitrogens with one attached hydrogen (secondary N) is 1. The van der Waals surface area contributed by atoms with Gasteiger partial charge < -0.3 is 9.72 Å². The SMILES string of the molecule is COC(=O)/C=C(\C)c1ccc2cc(=O)[nH]cc2c1. The van der Waals surface area contributed by atoms with Gasteiger partial charge in [-0.15, -0.1) is 0 Å². The van der Waals surface area contributed by atoms with Crippen LogP contribution in [0.15, 0.2) is 41.3 Å². The van der Waals surface area contributed by atoms with Crippen LogP contribution in [0.5, 0.6) is 0 Å². The van der Waals surface area contributed by atoms with Crippen LogP contribution in [-0.2, 0) is 9.53 Å². The quantitative estimate of drug-likeness (QED) is 0.649. The number of H-pyrrole nitrogens is 1. The first kappa shape index (κ1) is 12.1. The largest absolute Gasteiger partial charge is 0.466 e. The fourth-order valence-corrected chi connectivity index (χ4v) is 1.73. The van der Waals surface area contributed by atoms with Gasteiger partial charge in [-0.2, -0.15) is 0 Å². The van der Waals surface area contributed by atoms with Crippen molar-refractivity contribution in [3.8, 4) is 0 Å². The first-order valence-electron chi connectivity index (χ1n) is 5.49. The molecular weight excluding hydrogens is 230 g/mol. The third-order valence-corrected chi connectivity index (χ3v) is 2.73. The summed E-state index contributed by atoms with van der Waals surface area (Å²) in [6.07, 6.45) is 3.10. The number of methoxy groups -OCH3 is 1. The van der Waals surface area contributed by atoms with Crippen LogP contribution in [0.4, 0.5) is 0 Å². The highest BCUT2D eigenvalue weighted by Crippen LogP contribution is 2.19. The number of allylic oxidation sites excluding steroid dienone is 1. The van der Waals surface area contributed by atoms with Crippen molar-refractivity contribution in [3.05, 3.63) is 52.5 Å². The molecule has 4 nitrogen and oxygen atoms in total. The van der Waals surface area contributed by atoms with Gasteiger partial charge in [0.1, 0.15) is 0 Å². The number of benzene rings is 1. The molecule has 0 fully saturated rings. The van der Waals surface area contributed by atoms with Gasteiger partial charge in [0.25, 0.3) is 0 Å². The molecule has 4 heteroatoms. The van der Waals surface area contributed by atoms with Crippen molar-refractivity contribution in [3.63, 3.8) is 0 Å². The summed E-state index contributed by atoms with van der Waals surface area (Å²) in [6, 6.07) is 7.18. The second kappa shape index (κ2) is 4.87. The molecule has 1 aromatic carbocycles. The third-order valence-electron chi connectivity index (χ3n) is 2.73. The third kappa shape index (κ3) is 2.48. The zero-order chi connectivity index (χ0) is 13.1. The smallest absolute Gasteiger partial charge is 0.330 e. The van der Waals surface area contributed by atoms with E-state index in [2.05, 4.69) is 9.72 Å². The summed E-state index contributed by atoms with van der Waals surface area (Å²) in [5.41, 5.74) is 1.60. The van der Waals surface area contributed by atoms with Crippen LogP contribution < -0.4 is 5.56 Å². The van der Waals surface area contributed by atoms with E-state index in [0.717, 1.165) is 21.9 Å². The highest BCUT2D eigenvalue weighted by Gasteiger charge is 2.02. The van der Waals surface area contributed by atoms with Crippen molar-refractivity contribution in [2.75, 3.05) is 7.11 Å². The summed E-state index contributed by atoms with van der Waals surface area (Å²) in [6.45, 7) is 1.84. The van der Waals surface area contributed by atoms with Crippen LogP contribution in [0.1, 0.15) is 12.5 Å². The maximum Gasteiger partial charge on any atom is 0.330 e. The van der Waals surface area contributed by atoms with Gasteiger partial charge in [-0.25, -0.2) is 4.79 Å². The molecule has 1 heterocycles. The van der Waals surface area contributed by atoms with E-state index in [-0.39, 0.29) is 11.5 Å². The lowest BCUT2D eigenvalue weighted by Gasteiger charge is -2.03. The van der Waals surface area contributed by atoms with Gasteiger partial charge in [0, 0.05) is 18.3 Å². The number of pyridine rings is 1. The van der Waals surface area contributed by atoms with E-state index >= 15 is 0 Å². The van der Waals surface area contributed by atoms with E-state index in [4.69, 9.17) is 0 Å². The molecule has 1 aromatic heterocycles. The normalized spacial score (nSPS) is 11.6. The monoisotopic (exact) mass is 243 g/mol. The van der Waals surface area contributed by atoms with Crippen LogP contribution in [0.25, 0.3) is 16.3 Å². The topological polar surface area (TPSA) is 59.2 Å². The number of hydrogen-bond donors (Lipinski definition) is 1. The maximum atomic E-state index is 11.2. The fraction of sp³-hybridized carbons (Fsp3) is 0.143. The van der Waals surface area contributed by atoms with Gasteiger partial charge in [-0.05, 0) is 34.9 Å². The summed E-state index contributed by atoms with van der Waals surface area (Å²) in [4.78, 5) is 24.9. The van der Waals surface area contributed by atoms with Crippen LogP contribution in [-0.4, -0.2) is 18.1 Å². The summed E-state index contributed by atoms with van der Waals surface area (Å²) < 4.78 is 4.58. The van der Waals surface area contributed by atoms with Crippen LogP contribution in [0.3, 0.4) is 0 Å². The molecule has 0 saturated heterocycles. The number of aromatic amines is 1. The second-order valence-corrected chi connectivity index (χ2v) is 3.99. The molecule has 92 valence electrons. The van der Waals surface area contributed by atoms with Gasteiger partial charge >= 0.3 is 5.97 Å². The predicted octanol–water partition coefficient (Wildman–Crippen LogP) is 2.10. The Labute approximate surface area is 104 Å². The van der Waals surface area contributed by atoms with Crippen molar-refractivity contribution < 1.29 is 9.53 Å². The minimum absolute atomic E-state index is 0.128. The molecule has 0 radical (unpaired) electrons. The highest BCUT2D eigenvalue weighted by atomic mass is 16.5. The Bertz CT molecular complexity index is 683. The first-order chi connectivity index (χ1) is 8.60. The molecule has 1 N–H and O–H groups in total. The van der Waals surface area contributed by atoms with Crippen molar-refractivity contribution in [1.82, 2.24) is 4.98 Å². The van der Waals surface area contributed by atoms with Crippen molar-refractivity contribution in [2.24, 2.45) is 0 Å². The number of rotatable bonds is 2. The minimum atomic E-state index is -0.380. The van der Waals surface area contributed by atoms with Gasteiger partial charge in [0.05, 0.1) is 7.11 Å². The molecule has 0 bridgehead atoms. The van der Waals surface area contributed by atoms with Gasteiger partial charge in [-0.3, -0.25) is 4.79 Å². The molecule has 2 rings (SSSR count). The lowest BCUT2D eigenvalue weighted by molar-refractivity contribution is -0.134. The van der Waals surface area contributed by atoms with Crippen molar-refractivity contribution in [2.45, 2.75) is 6.92 Å². The van der Waals surface area contributed by atoms with E-state index in [1.807, 2.05) is 25.1 Å². The Balaban J connectivity index is 2.47. The number of carbonyl (C=O) groups is 1. The van der Waals surface area contributed by atoms with Crippen molar-refractivity contribution >= 4 is 22.3 Å². The summed E-state index contributed by atoms with van der Waals surface area (Å²) in [5.74, 6) is -0.380. The molecule has 0 aliphatic carbocycles. The van der Waals surface area contributed by atoms with E-state index < -0.39 is 0 Å². The molecule has 0 atom stereocenters. The molecule has 2 aromatic rings. The Morgan fingerprint density at radius 2 is 2.06 bits per heavy atom. The number of ether oxygens (including phenoxy) is 1. The zero-order valence-corrected chi connectivity index (χ0v) is 10.2. The molecule has 0 unspecified atom stereocenters. The van der Waals surface area contributed by atoms with E-state index in [1.165, 1.54) is 13.2 Å². The van der Waals surface area contributed by atoms with Crippen LogP contribution in [0.2, 0.25) is 0 Å². The average molecular weight is 243 g/mol. The summed E-state index contributed by atoms with van der Waals surface area (Å²) >= 11 is 0. The molecule has 0 amide bonds. The van der Waals surface area contributed by atoms with Gasteiger partial charge in [0.15, 0.2) is 0 Å². The second-order valence-electron chi connectivity index (χ2n) is 3.99. The van der Waals surface area contributed by atoms with E-state index in [9.17, 15) is 9.59 Å². The molecule has 0 aliphatic heterocycles. The molecular formula is C14H13NO3. The van der Waals surface area contributed by atoms with Gasteiger partial charge in [0.2, 0.25) is 5.56 Å². The van der Waals surface area contributed by atoms with Crippen LogP contribution >= 0.6 is 0 Å². The molecule has 0 aliphatic rings. The Morgan fingerprint density at radius 3 is 2.78 bits per heavy atom. The molecule has 0 spiro atoms. The lowest BCUT2D eigenvalue weighted by Crippen LogP contribution is -2.01. The van der Waals surface area contributed by atoms with E-state index in [0.29, 0.717) is 0 Å². The Kier molecular flexibility index (Phi) is 3.28. The summed E-state index contributed by atoms with van der Waals surface area (Å²) in [7, 11) is 1.34. The average Bonchev–Trinajstić information content (AvgIpc) is 2.37. The number of esters is 1. The Morgan fingerprint density at radius 1 is 1.28 bits per heavy atom. The Hall–Kier alpha value is -2.36. The number of hydrogen-bond acceptors (Lipinski definition) is 3. The number of aromatic nitrogens is 1. The molecule has 18 heavy (non-hydrogen) atoms. The standard InChI is InChI=1S/C14H13NO3/c1-9(5-14(17)18-2)10-3-4-11-7-13(16)15-8-12(11)6-10/h3-8H,1-2H3,(H,15,16)/b9-5+. The summed E-state index contributed by atoms with van der Waals surface area (Å²) in [5, 5.41) is 1.79. The lowest BCUT2D eigenvalue weighted by atomic mass is 10.0. The maximum absolute atomic E-state index is 11.2. The zero-order valence-electron chi connectivity index (χ0n) is 10.2. The highest BCUT2D eigenvalue weighted by molar-refractivity contribution is 5.93. The van der Waals surface area contributed by atoms with Crippen molar-refractivity contribution in [1.29, 1.82) is 0 Å². The number of carbonyl (C=O) groups excluding carboxylic acids is 1. The molecule has 0 saturated carbocycles. The fourth-order valence-electron chi connectivity index (χ4n) is 1.73. The number of fused-ring (bicyclic) bond motifs is 1. The minimum Gasteiger partial charge on any atom is -0.466 e. The first-order valence-corrected chi connectivity index (χ1v) is 5.49. The predicted molar refractivity (Wildman–Crippen MR) is 70.2 cm³/mol.